The van der Waals surface area contributed by atoms with Gasteiger partial charge in [0, 0.05) is 16.0 Å². The van der Waals surface area contributed by atoms with E-state index in [0.29, 0.717) is 11.5 Å². The standard InChI is InChI=1S/C26H28N2O7S2/c1-9(2)19(25(31)32)28-23(29)17-11-8-12(18(17)24(28)30)20-16(11)15(21-22(36-20)27-26(33)37-21)10-5-6-13(34-3)14(7-10)35-4/h5-7,9,11-12,15-20H,8H2,1-4H3,(H,27,33)(H,31,32)/t11-,12+,15+,16-,17+,18+,19+,20-/m1/s1. The van der Waals surface area contributed by atoms with E-state index in [1.807, 2.05) is 18.2 Å². The second-order valence-electron chi connectivity index (χ2n) is 10.6. The third kappa shape index (κ3) is 3.35. The highest BCUT2D eigenvalue weighted by molar-refractivity contribution is 8.00. The molecule has 2 N–H and O–H groups in total. The maximum absolute atomic E-state index is 13.7. The van der Waals surface area contributed by atoms with Crippen LogP contribution in [0.15, 0.2) is 28.0 Å². The molecule has 11 heteroatoms. The minimum atomic E-state index is -1.17. The number of aliphatic carboxylic acids is 1. The van der Waals surface area contributed by atoms with E-state index in [0.717, 1.165) is 26.8 Å². The smallest absolute Gasteiger partial charge is 0.327 e. The molecule has 2 amide bonds. The van der Waals surface area contributed by atoms with Gasteiger partial charge in [0.15, 0.2) is 11.5 Å². The normalized spacial score (nSPS) is 32.4. The number of benzene rings is 1. The first-order valence-corrected chi connectivity index (χ1v) is 14.1. The lowest BCUT2D eigenvalue weighted by molar-refractivity contribution is -0.157. The van der Waals surface area contributed by atoms with Crippen LogP contribution in [0.25, 0.3) is 0 Å². The zero-order chi connectivity index (χ0) is 26.3. The van der Waals surface area contributed by atoms with Crippen LogP contribution in [0.4, 0.5) is 0 Å². The van der Waals surface area contributed by atoms with Crippen LogP contribution in [0.3, 0.4) is 0 Å². The van der Waals surface area contributed by atoms with Crippen molar-refractivity contribution in [2.24, 2.45) is 35.5 Å². The number of carbonyl (C=O) groups excluding carboxylic acids is 2. The lowest BCUT2D eigenvalue weighted by Crippen LogP contribution is -2.49. The summed E-state index contributed by atoms with van der Waals surface area (Å²) in [6.07, 6.45) is 0.741. The molecular weight excluding hydrogens is 516 g/mol. The van der Waals surface area contributed by atoms with Crippen molar-refractivity contribution >= 4 is 40.9 Å². The van der Waals surface area contributed by atoms with Crippen molar-refractivity contribution in [3.05, 3.63) is 38.3 Å². The molecule has 1 saturated heterocycles. The predicted octanol–water partition coefficient (Wildman–Crippen LogP) is 3.04. The van der Waals surface area contributed by atoms with Gasteiger partial charge in [-0.25, -0.2) is 4.79 Å². The lowest BCUT2D eigenvalue weighted by atomic mass is 9.68. The van der Waals surface area contributed by atoms with E-state index < -0.39 is 29.8 Å². The zero-order valence-electron chi connectivity index (χ0n) is 20.8. The fraction of sp³-hybridized carbons (Fsp3) is 0.538. The fourth-order valence-electron chi connectivity index (χ4n) is 7.43. The van der Waals surface area contributed by atoms with Gasteiger partial charge in [0.05, 0.1) is 31.1 Å². The third-order valence-electron chi connectivity index (χ3n) is 8.69. The molecule has 0 radical (unpaired) electrons. The highest BCUT2D eigenvalue weighted by Crippen LogP contribution is 2.68. The Morgan fingerprint density at radius 3 is 2.38 bits per heavy atom. The van der Waals surface area contributed by atoms with E-state index in [2.05, 4.69) is 4.98 Å². The molecule has 2 aromatic rings. The average Bonchev–Trinajstić information content (AvgIpc) is 3.58. The number of hydrogen-bond acceptors (Lipinski definition) is 8. The predicted molar refractivity (Wildman–Crippen MR) is 136 cm³/mol. The molecule has 3 heterocycles. The number of carboxylic acids is 1. The summed E-state index contributed by atoms with van der Waals surface area (Å²) in [5, 5.41) is 10.7. The zero-order valence-corrected chi connectivity index (χ0v) is 22.4. The summed E-state index contributed by atoms with van der Waals surface area (Å²) < 4.78 is 11.0. The number of nitrogens with zero attached hydrogens (tertiary/aromatic N) is 1. The van der Waals surface area contributed by atoms with E-state index in [1.54, 1.807) is 39.8 Å². The highest BCUT2D eigenvalue weighted by Gasteiger charge is 2.70. The number of carbonyl (C=O) groups is 3. The van der Waals surface area contributed by atoms with Gasteiger partial charge < -0.3 is 19.6 Å². The van der Waals surface area contributed by atoms with Crippen molar-refractivity contribution < 1.29 is 29.0 Å². The van der Waals surface area contributed by atoms with Crippen molar-refractivity contribution in [1.29, 1.82) is 0 Å². The number of carboxylic acid groups (broad SMARTS) is 1. The summed E-state index contributed by atoms with van der Waals surface area (Å²) in [5.41, 5.74) is 0.966. The number of aromatic amines is 1. The van der Waals surface area contributed by atoms with Gasteiger partial charge in [-0.3, -0.25) is 19.3 Å². The number of methoxy groups -OCH3 is 2. The maximum Gasteiger partial charge on any atom is 0.327 e. The van der Waals surface area contributed by atoms with Crippen LogP contribution in [0, 0.1) is 35.5 Å². The minimum Gasteiger partial charge on any atom is -0.493 e. The SMILES string of the molecule is COc1ccc([C@@H]2c3sc(=O)[nH]c3S[C@@H]3[C@H]4C[C@@H]([C@@H]5C(=O)N([C@H](C(=O)O)C(C)C)C(=O)[C@@H]45)[C@H]23)cc1OC. The molecule has 37 heavy (non-hydrogen) atoms. The molecule has 3 fully saturated rings. The molecule has 0 unspecified atom stereocenters. The number of hydrogen-bond donors (Lipinski definition) is 2. The molecule has 1 aromatic heterocycles. The van der Waals surface area contributed by atoms with Gasteiger partial charge in [-0.2, -0.15) is 0 Å². The lowest BCUT2D eigenvalue weighted by Gasteiger charge is -2.43. The summed E-state index contributed by atoms with van der Waals surface area (Å²) in [6, 6.07) is 4.59. The van der Waals surface area contributed by atoms with E-state index in [1.165, 1.54) is 11.3 Å². The molecule has 2 aliphatic heterocycles. The topological polar surface area (TPSA) is 126 Å². The molecule has 6 rings (SSSR count). The van der Waals surface area contributed by atoms with Crippen LogP contribution in [-0.4, -0.2) is 58.3 Å². The summed E-state index contributed by atoms with van der Waals surface area (Å²) in [5.74, 6) is -2.39. The van der Waals surface area contributed by atoms with Crippen molar-refractivity contribution in [3.63, 3.8) is 0 Å². The van der Waals surface area contributed by atoms with Gasteiger partial charge >= 0.3 is 10.8 Å². The largest absolute Gasteiger partial charge is 0.493 e. The summed E-state index contributed by atoms with van der Waals surface area (Å²) in [6.45, 7) is 3.44. The number of amides is 2. The average molecular weight is 545 g/mol. The van der Waals surface area contributed by atoms with Crippen LogP contribution in [0.5, 0.6) is 11.5 Å². The molecule has 8 atom stereocenters. The van der Waals surface area contributed by atoms with Gasteiger partial charge in [-0.1, -0.05) is 31.3 Å². The van der Waals surface area contributed by atoms with Crippen molar-refractivity contribution in [3.8, 4) is 11.5 Å². The summed E-state index contributed by atoms with van der Waals surface area (Å²) in [7, 11) is 3.15. The van der Waals surface area contributed by atoms with Crippen LogP contribution >= 0.6 is 23.1 Å². The van der Waals surface area contributed by atoms with Crippen LogP contribution in [0.1, 0.15) is 36.6 Å². The molecule has 0 spiro atoms. The number of rotatable bonds is 6. The number of ether oxygens (including phenoxy) is 2. The third-order valence-corrected chi connectivity index (χ3v) is 11.3. The van der Waals surface area contributed by atoms with E-state index >= 15 is 0 Å². The molecule has 2 bridgehead atoms. The minimum absolute atomic E-state index is 0.0207. The first-order chi connectivity index (χ1) is 17.7. The highest BCUT2D eigenvalue weighted by atomic mass is 32.2. The van der Waals surface area contributed by atoms with E-state index in [9.17, 15) is 24.3 Å². The van der Waals surface area contributed by atoms with E-state index in [4.69, 9.17) is 9.47 Å². The molecule has 9 nitrogen and oxygen atoms in total. The second-order valence-corrected chi connectivity index (χ2v) is 12.9. The molecule has 1 aromatic carbocycles. The summed E-state index contributed by atoms with van der Waals surface area (Å²) in [4.78, 5) is 56.7. The molecule has 2 aliphatic carbocycles. The van der Waals surface area contributed by atoms with Crippen LogP contribution in [-0.2, 0) is 14.4 Å². The molecule has 2 saturated carbocycles. The number of aromatic nitrogens is 1. The Labute approximate surface area is 221 Å². The van der Waals surface area contributed by atoms with Gasteiger partial charge in [-0.15, -0.1) is 11.8 Å². The number of thioether (sulfide) groups is 1. The van der Waals surface area contributed by atoms with Gasteiger partial charge in [0.1, 0.15) is 6.04 Å². The molecular formula is C26H28N2O7S2. The van der Waals surface area contributed by atoms with Gasteiger partial charge in [-0.05, 0) is 47.8 Å². The van der Waals surface area contributed by atoms with Gasteiger partial charge in [0.25, 0.3) is 0 Å². The Morgan fingerprint density at radius 1 is 1.08 bits per heavy atom. The number of likely N-dealkylation sites (tertiary alicyclic amines) is 1. The number of nitrogens with one attached hydrogen (secondary N) is 1. The molecule has 196 valence electrons. The Hall–Kier alpha value is -2.79. The quantitative estimate of drug-likeness (QED) is 0.532. The fourth-order valence-corrected chi connectivity index (χ4v) is 10.3. The maximum atomic E-state index is 13.7. The second kappa shape index (κ2) is 8.62. The Bertz CT molecular complexity index is 1370. The Balaban J connectivity index is 1.45. The number of thiazole rings is 1. The number of fused-ring (bicyclic) bond motifs is 9. The van der Waals surface area contributed by atoms with Crippen LogP contribution in [0.2, 0.25) is 0 Å². The first kappa shape index (κ1) is 24.5. The number of H-pyrrole nitrogens is 1. The molecule has 4 aliphatic rings. The summed E-state index contributed by atoms with van der Waals surface area (Å²) >= 11 is 2.79. The van der Waals surface area contributed by atoms with Crippen molar-refractivity contribution in [2.45, 2.75) is 42.5 Å². The Morgan fingerprint density at radius 2 is 1.76 bits per heavy atom. The van der Waals surface area contributed by atoms with E-state index in [-0.39, 0.29) is 45.6 Å². The van der Waals surface area contributed by atoms with Crippen molar-refractivity contribution in [2.75, 3.05) is 14.2 Å². The van der Waals surface area contributed by atoms with Crippen LogP contribution < -0.4 is 14.3 Å². The number of imide groups is 1. The van der Waals surface area contributed by atoms with Crippen molar-refractivity contribution in [1.82, 2.24) is 9.88 Å². The monoisotopic (exact) mass is 544 g/mol. The Kier molecular flexibility index (Phi) is 5.72. The first-order valence-electron chi connectivity index (χ1n) is 12.4. The van der Waals surface area contributed by atoms with Gasteiger partial charge in [0.2, 0.25) is 11.8 Å².